The first-order chi connectivity index (χ1) is 8.08. The summed E-state index contributed by atoms with van der Waals surface area (Å²) in [7, 11) is 0. The minimum atomic E-state index is -1.02. The zero-order chi connectivity index (χ0) is 12.4. The lowest BCUT2D eigenvalue weighted by Gasteiger charge is -2.12. The summed E-state index contributed by atoms with van der Waals surface area (Å²) in [5, 5.41) is 10.3. The number of hydrogen-bond donors (Lipinski definition) is 2. The van der Waals surface area contributed by atoms with E-state index in [4.69, 9.17) is 17.3 Å². The van der Waals surface area contributed by atoms with Crippen LogP contribution >= 0.6 is 11.6 Å². The number of halogens is 2. The number of hydrogen-bond acceptors (Lipinski definition) is 2. The highest BCUT2D eigenvalue weighted by molar-refractivity contribution is 6.30. The minimum absolute atomic E-state index is 0.194. The molecule has 0 spiro atoms. The van der Waals surface area contributed by atoms with Gasteiger partial charge in [0.1, 0.15) is 11.9 Å². The molecule has 0 heterocycles. The van der Waals surface area contributed by atoms with Gasteiger partial charge in [-0.2, -0.15) is 0 Å². The average molecular weight is 252 g/mol. The van der Waals surface area contributed by atoms with E-state index in [1.807, 2.05) is 0 Å². The van der Waals surface area contributed by atoms with Gasteiger partial charge in [0.05, 0.1) is 0 Å². The van der Waals surface area contributed by atoms with Crippen molar-refractivity contribution in [1.29, 1.82) is 0 Å². The summed E-state index contributed by atoms with van der Waals surface area (Å²) in [5.74, 6) is -0.526. The lowest BCUT2D eigenvalue weighted by molar-refractivity contribution is 0.215. The fourth-order valence-corrected chi connectivity index (χ4v) is 1.74. The molecule has 2 aromatic rings. The van der Waals surface area contributed by atoms with Crippen LogP contribution < -0.4 is 5.73 Å². The molecule has 0 saturated heterocycles. The third-order valence-electron chi connectivity index (χ3n) is 2.51. The molecule has 2 aromatic carbocycles. The fourth-order valence-electron chi connectivity index (χ4n) is 1.58. The quantitative estimate of drug-likeness (QED) is 0.806. The van der Waals surface area contributed by atoms with Gasteiger partial charge < -0.3 is 10.8 Å². The molecular weight excluding hydrogens is 241 g/mol. The van der Waals surface area contributed by atoms with Gasteiger partial charge in [0, 0.05) is 16.3 Å². The number of aliphatic hydroxyl groups is 1. The summed E-state index contributed by atoms with van der Waals surface area (Å²) in [6, 6.07) is 10.8. The Balaban J connectivity index is 2.36. The lowest BCUT2D eigenvalue weighted by Crippen LogP contribution is -2.02. The molecule has 1 atom stereocenters. The van der Waals surface area contributed by atoms with E-state index in [9.17, 15) is 9.50 Å². The molecule has 88 valence electrons. The van der Waals surface area contributed by atoms with Gasteiger partial charge in [0.2, 0.25) is 0 Å². The monoisotopic (exact) mass is 251 g/mol. The molecule has 0 radical (unpaired) electrons. The van der Waals surface area contributed by atoms with Crippen LogP contribution in [0.3, 0.4) is 0 Å². The van der Waals surface area contributed by atoms with Crippen molar-refractivity contribution in [2.45, 2.75) is 6.10 Å². The first-order valence-electron chi connectivity index (χ1n) is 5.06. The zero-order valence-electron chi connectivity index (χ0n) is 8.90. The summed E-state index contributed by atoms with van der Waals surface area (Å²) in [4.78, 5) is 0. The van der Waals surface area contributed by atoms with Gasteiger partial charge in [-0.1, -0.05) is 29.8 Å². The second-order valence-electron chi connectivity index (χ2n) is 3.74. The molecule has 0 aliphatic carbocycles. The highest BCUT2D eigenvalue weighted by Crippen LogP contribution is 2.26. The van der Waals surface area contributed by atoms with Gasteiger partial charge in [-0.05, 0) is 29.8 Å². The number of benzene rings is 2. The summed E-state index contributed by atoms with van der Waals surface area (Å²) < 4.78 is 13.6. The molecule has 0 fully saturated rings. The Morgan fingerprint density at radius 1 is 1.12 bits per heavy atom. The summed E-state index contributed by atoms with van der Waals surface area (Å²) in [5.41, 5.74) is 6.91. The van der Waals surface area contributed by atoms with Crippen LogP contribution in [-0.2, 0) is 0 Å². The van der Waals surface area contributed by atoms with Crippen LogP contribution in [0, 0.1) is 5.82 Å². The van der Waals surface area contributed by atoms with Crippen LogP contribution in [0.5, 0.6) is 0 Å². The van der Waals surface area contributed by atoms with Gasteiger partial charge in [0.15, 0.2) is 0 Å². The molecule has 2 rings (SSSR count). The summed E-state index contributed by atoms with van der Waals surface area (Å²) in [6.07, 6.45) is -1.02. The van der Waals surface area contributed by atoms with Crippen LogP contribution in [0.2, 0.25) is 5.02 Å². The second-order valence-corrected chi connectivity index (χ2v) is 4.17. The average Bonchev–Trinajstić information content (AvgIpc) is 2.29. The van der Waals surface area contributed by atoms with E-state index in [1.165, 1.54) is 12.1 Å². The van der Waals surface area contributed by atoms with Crippen molar-refractivity contribution in [3.63, 3.8) is 0 Å². The van der Waals surface area contributed by atoms with E-state index in [2.05, 4.69) is 0 Å². The number of nitrogen functional groups attached to an aromatic ring is 1. The van der Waals surface area contributed by atoms with Crippen molar-refractivity contribution in [2.75, 3.05) is 5.73 Å². The smallest absolute Gasteiger partial charge is 0.130 e. The van der Waals surface area contributed by atoms with Crippen LogP contribution in [0.25, 0.3) is 0 Å². The van der Waals surface area contributed by atoms with Crippen LogP contribution in [0.4, 0.5) is 10.1 Å². The maximum Gasteiger partial charge on any atom is 0.130 e. The lowest BCUT2D eigenvalue weighted by atomic mass is 10.0. The van der Waals surface area contributed by atoms with Crippen LogP contribution in [0.1, 0.15) is 17.2 Å². The Morgan fingerprint density at radius 3 is 2.35 bits per heavy atom. The Kier molecular flexibility index (Phi) is 3.31. The van der Waals surface area contributed by atoms with Crippen LogP contribution in [0.15, 0.2) is 42.5 Å². The van der Waals surface area contributed by atoms with Crippen molar-refractivity contribution in [2.24, 2.45) is 0 Å². The first-order valence-corrected chi connectivity index (χ1v) is 5.44. The van der Waals surface area contributed by atoms with Crippen LogP contribution in [-0.4, -0.2) is 5.11 Å². The largest absolute Gasteiger partial charge is 0.399 e. The molecule has 0 saturated carbocycles. The van der Waals surface area contributed by atoms with Gasteiger partial charge in [-0.15, -0.1) is 0 Å². The third kappa shape index (κ3) is 2.57. The molecule has 17 heavy (non-hydrogen) atoms. The van der Waals surface area contributed by atoms with Gasteiger partial charge in [-0.25, -0.2) is 4.39 Å². The van der Waals surface area contributed by atoms with E-state index in [0.717, 1.165) is 0 Å². The van der Waals surface area contributed by atoms with E-state index in [1.54, 1.807) is 30.3 Å². The number of aliphatic hydroxyl groups excluding tert-OH is 1. The van der Waals surface area contributed by atoms with Crippen molar-refractivity contribution in [1.82, 2.24) is 0 Å². The van der Waals surface area contributed by atoms with E-state index in [-0.39, 0.29) is 5.56 Å². The maximum atomic E-state index is 13.6. The predicted molar refractivity (Wildman–Crippen MR) is 66.3 cm³/mol. The van der Waals surface area contributed by atoms with E-state index in [0.29, 0.717) is 16.3 Å². The normalized spacial score (nSPS) is 12.4. The molecule has 0 aromatic heterocycles. The Hall–Kier alpha value is -1.58. The molecular formula is C13H11ClFNO. The Labute approximate surface area is 103 Å². The van der Waals surface area contributed by atoms with Gasteiger partial charge in [0.25, 0.3) is 0 Å². The highest BCUT2D eigenvalue weighted by Gasteiger charge is 2.14. The molecule has 4 heteroatoms. The van der Waals surface area contributed by atoms with Gasteiger partial charge >= 0.3 is 0 Å². The molecule has 1 unspecified atom stereocenters. The molecule has 0 aliphatic heterocycles. The van der Waals surface area contributed by atoms with Crippen molar-refractivity contribution < 1.29 is 9.50 Å². The molecule has 2 nitrogen and oxygen atoms in total. The first kappa shape index (κ1) is 11.9. The van der Waals surface area contributed by atoms with Crippen molar-refractivity contribution >= 4 is 17.3 Å². The fraction of sp³-hybridized carbons (Fsp3) is 0.0769. The SMILES string of the molecule is Nc1ccc(C(O)c2ccc(Cl)cc2F)cc1. The Bertz CT molecular complexity index is 527. The number of rotatable bonds is 2. The van der Waals surface area contributed by atoms with E-state index < -0.39 is 11.9 Å². The Morgan fingerprint density at radius 2 is 1.76 bits per heavy atom. The zero-order valence-corrected chi connectivity index (χ0v) is 9.66. The number of nitrogens with two attached hydrogens (primary N) is 1. The summed E-state index contributed by atoms with van der Waals surface area (Å²) in [6.45, 7) is 0. The minimum Gasteiger partial charge on any atom is -0.399 e. The van der Waals surface area contributed by atoms with Gasteiger partial charge in [-0.3, -0.25) is 0 Å². The standard InChI is InChI=1S/C13H11ClFNO/c14-9-3-6-11(12(15)7-9)13(17)8-1-4-10(16)5-2-8/h1-7,13,17H,16H2. The van der Waals surface area contributed by atoms with Crippen molar-refractivity contribution in [3.05, 3.63) is 64.4 Å². The van der Waals surface area contributed by atoms with E-state index >= 15 is 0 Å². The molecule has 0 bridgehead atoms. The maximum absolute atomic E-state index is 13.6. The third-order valence-corrected chi connectivity index (χ3v) is 2.74. The van der Waals surface area contributed by atoms with Crippen molar-refractivity contribution in [3.8, 4) is 0 Å². The molecule has 3 N–H and O–H groups in total. The highest BCUT2D eigenvalue weighted by atomic mass is 35.5. The summed E-state index contributed by atoms with van der Waals surface area (Å²) >= 11 is 5.65. The second kappa shape index (κ2) is 4.73. The topological polar surface area (TPSA) is 46.2 Å². The number of anilines is 1. The molecule has 0 amide bonds. The molecule has 0 aliphatic rings. The predicted octanol–water partition coefficient (Wildman–Crippen LogP) is 3.14.